The zero-order chi connectivity index (χ0) is 20.0. The number of hydrogen-bond donors (Lipinski definition) is 2. The Morgan fingerprint density at radius 1 is 1.15 bits per heavy atom. The SMILES string of the molecule is COc1ccc(CC(CC(=O)Nc2cccc(C(F)(F)F)c2)C(=O)O)cc1. The molecule has 1 atom stereocenters. The van der Waals surface area contributed by atoms with Gasteiger partial charge in [-0.05, 0) is 42.3 Å². The van der Waals surface area contributed by atoms with Gasteiger partial charge in [0.25, 0.3) is 0 Å². The number of hydrogen-bond acceptors (Lipinski definition) is 3. The van der Waals surface area contributed by atoms with Crippen LogP contribution in [0, 0.1) is 5.92 Å². The third kappa shape index (κ3) is 6.02. The molecule has 0 radical (unpaired) electrons. The van der Waals surface area contributed by atoms with Gasteiger partial charge in [-0.2, -0.15) is 13.2 Å². The van der Waals surface area contributed by atoms with E-state index in [0.29, 0.717) is 11.3 Å². The summed E-state index contributed by atoms with van der Waals surface area (Å²) in [6, 6.07) is 10.9. The van der Waals surface area contributed by atoms with Crippen molar-refractivity contribution in [3.05, 3.63) is 59.7 Å². The fourth-order valence-corrected chi connectivity index (χ4v) is 2.50. The minimum Gasteiger partial charge on any atom is -0.497 e. The number of aliphatic carboxylic acids is 1. The maximum atomic E-state index is 12.7. The van der Waals surface area contributed by atoms with Gasteiger partial charge in [0.2, 0.25) is 5.91 Å². The lowest BCUT2D eigenvalue weighted by Gasteiger charge is -2.14. The lowest BCUT2D eigenvalue weighted by atomic mass is 9.96. The predicted molar refractivity (Wildman–Crippen MR) is 92.5 cm³/mol. The molecule has 27 heavy (non-hydrogen) atoms. The number of carboxylic acid groups (broad SMARTS) is 1. The van der Waals surface area contributed by atoms with E-state index in [1.165, 1.54) is 19.2 Å². The second kappa shape index (κ2) is 8.57. The highest BCUT2D eigenvalue weighted by molar-refractivity contribution is 5.93. The summed E-state index contributed by atoms with van der Waals surface area (Å²) in [5.41, 5.74) is -0.230. The fraction of sp³-hybridized carbons (Fsp3) is 0.263. The number of rotatable bonds is 7. The molecule has 1 amide bonds. The monoisotopic (exact) mass is 381 g/mol. The molecule has 2 aromatic rings. The van der Waals surface area contributed by atoms with Crippen molar-refractivity contribution in [3.63, 3.8) is 0 Å². The highest BCUT2D eigenvalue weighted by Crippen LogP contribution is 2.30. The van der Waals surface area contributed by atoms with Crippen molar-refractivity contribution in [3.8, 4) is 5.75 Å². The minimum absolute atomic E-state index is 0.0385. The molecule has 0 aliphatic heterocycles. The average Bonchev–Trinajstić information content (AvgIpc) is 2.61. The molecule has 5 nitrogen and oxygen atoms in total. The normalized spacial score (nSPS) is 12.3. The van der Waals surface area contributed by atoms with E-state index >= 15 is 0 Å². The molecule has 0 saturated carbocycles. The molecule has 0 saturated heterocycles. The Bertz CT molecular complexity index is 803. The van der Waals surface area contributed by atoms with Gasteiger partial charge in [0.05, 0.1) is 18.6 Å². The van der Waals surface area contributed by atoms with Crippen molar-refractivity contribution >= 4 is 17.6 Å². The Morgan fingerprint density at radius 3 is 2.37 bits per heavy atom. The number of halogens is 3. The summed E-state index contributed by atoms with van der Waals surface area (Å²) in [6.07, 6.45) is -4.79. The molecule has 8 heteroatoms. The molecule has 0 bridgehead atoms. The quantitative estimate of drug-likeness (QED) is 0.761. The Morgan fingerprint density at radius 2 is 1.81 bits per heavy atom. The summed E-state index contributed by atoms with van der Waals surface area (Å²) in [5, 5.41) is 11.7. The van der Waals surface area contributed by atoms with E-state index < -0.39 is 29.5 Å². The third-order valence-electron chi connectivity index (χ3n) is 3.90. The number of ether oxygens (including phenoxy) is 1. The lowest BCUT2D eigenvalue weighted by Crippen LogP contribution is -2.24. The summed E-state index contributed by atoms with van der Waals surface area (Å²) in [4.78, 5) is 23.6. The smallest absolute Gasteiger partial charge is 0.416 e. The molecule has 2 N–H and O–H groups in total. The number of anilines is 1. The van der Waals surface area contributed by atoms with Crippen LogP contribution in [0.5, 0.6) is 5.75 Å². The van der Waals surface area contributed by atoms with E-state index in [9.17, 15) is 27.9 Å². The number of nitrogens with one attached hydrogen (secondary N) is 1. The molecule has 0 spiro atoms. The maximum Gasteiger partial charge on any atom is 0.416 e. The highest BCUT2D eigenvalue weighted by Gasteiger charge is 2.30. The van der Waals surface area contributed by atoms with Crippen LogP contribution in [0.4, 0.5) is 18.9 Å². The van der Waals surface area contributed by atoms with Crippen LogP contribution in [-0.4, -0.2) is 24.1 Å². The first-order valence-electron chi connectivity index (χ1n) is 8.02. The van der Waals surface area contributed by atoms with E-state index in [-0.39, 0.29) is 18.5 Å². The minimum atomic E-state index is -4.53. The van der Waals surface area contributed by atoms with Gasteiger partial charge >= 0.3 is 12.1 Å². The van der Waals surface area contributed by atoms with E-state index in [1.807, 2.05) is 0 Å². The van der Waals surface area contributed by atoms with Gasteiger partial charge in [0.1, 0.15) is 5.75 Å². The van der Waals surface area contributed by atoms with Gasteiger partial charge in [-0.15, -0.1) is 0 Å². The summed E-state index contributed by atoms with van der Waals surface area (Å²) < 4.78 is 43.2. The molecule has 0 aliphatic carbocycles. The van der Waals surface area contributed by atoms with Gasteiger partial charge in [0.15, 0.2) is 0 Å². The van der Waals surface area contributed by atoms with E-state index in [4.69, 9.17) is 4.74 Å². The first kappa shape index (κ1) is 20.3. The van der Waals surface area contributed by atoms with Crippen molar-refractivity contribution in [2.24, 2.45) is 5.92 Å². The number of carboxylic acids is 1. The van der Waals surface area contributed by atoms with Crippen LogP contribution in [0.15, 0.2) is 48.5 Å². The Balaban J connectivity index is 2.03. The predicted octanol–water partition coefficient (Wildman–Crippen LogP) is 3.99. The van der Waals surface area contributed by atoms with Gasteiger partial charge in [-0.25, -0.2) is 0 Å². The van der Waals surface area contributed by atoms with Crippen LogP contribution in [0.25, 0.3) is 0 Å². The first-order valence-corrected chi connectivity index (χ1v) is 8.02. The third-order valence-corrected chi connectivity index (χ3v) is 3.90. The highest BCUT2D eigenvalue weighted by atomic mass is 19.4. The Kier molecular flexibility index (Phi) is 6.44. The number of alkyl halides is 3. The van der Waals surface area contributed by atoms with Gasteiger partial charge in [0, 0.05) is 12.1 Å². The molecule has 144 valence electrons. The number of carbonyl (C=O) groups is 2. The van der Waals surface area contributed by atoms with Crippen LogP contribution in [-0.2, 0) is 22.2 Å². The Labute approximate surface area is 153 Å². The number of amides is 1. The van der Waals surface area contributed by atoms with Crippen LogP contribution in [0.3, 0.4) is 0 Å². The van der Waals surface area contributed by atoms with Gasteiger partial charge < -0.3 is 15.2 Å². The second-order valence-electron chi connectivity index (χ2n) is 5.92. The van der Waals surface area contributed by atoms with Crippen LogP contribution in [0.2, 0.25) is 0 Å². The number of benzene rings is 2. The summed E-state index contributed by atoms with van der Waals surface area (Å²) in [5.74, 6) is -2.22. The first-order chi connectivity index (χ1) is 12.7. The van der Waals surface area contributed by atoms with E-state index in [1.54, 1.807) is 24.3 Å². The molecule has 1 unspecified atom stereocenters. The Hall–Kier alpha value is -3.03. The zero-order valence-corrected chi connectivity index (χ0v) is 14.4. The van der Waals surface area contributed by atoms with Crippen LogP contribution >= 0.6 is 0 Å². The molecule has 0 aromatic heterocycles. The largest absolute Gasteiger partial charge is 0.497 e. The number of methoxy groups -OCH3 is 1. The van der Waals surface area contributed by atoms with Gasteiger partial charge in [-0.3, -0.25) is 9.59 Å². The molecule has 0 heterocycles. The second-order valence-corrected chi connectivity index (χ2v) is 5.92. The molecular weight excluding hydrogens is 363 g/mol. The summed E-state index contributed by atoms with van der Waals surface area (Å²) in [6.45, 7) is 0. The van der Waals surface area contributed by atoms with Crippen molar-refractivity contribution in [1.82, 2.24) is 0 Å². The van der Waals surface area contributed by atoms with Crippen LogP contribution < -0.4 is 10.1 Å². The standard InChI is InChI=1S/C19H18F3NO4/c1-27-16-7-5-12(6-8-16)9-13(18(25)26)10-17(24)23-15-4-2-3-14(11-15)19(20,21)22/h2-8,11,13H,9-10H2,1H3,(H,23,24)(H,25,26). The lowest BCUT2D eigenvalue weighted by molar-refractivity contribution is -0.143. The molecule has 2 rings (SSSR count). The van der Waals surface area contributed by atoms with Crippen LogP contribution in [0.1, 0.15) is 17.5 Å². The van der Waals surface area contributed by atoms with E-state index in [2.05, 4.69) is 5.32 Å². The summed E-state index contributed by atoms with van der Waals surface area (Å²) >= 11 is 0. The average molecular weight is 381 g/mol. The molecule has 2 aromatic carbocycles. The van der Waals surface area contributed by atoms with Gasteiger partial charge in [-0.1, -0.05) is 18.2 Å². The molecular formula is C19H18F3NO4. The molecule has 0 aliphatic rings. The van der Waals surface area contributed by atoms with Crippen molar-refractivity contribution in [2.75, 3.05) is 12.4 Å². The van der Waals surface area contributed by atoms with Crippen molar-refractivity contribution in [2.45, 2.75) is 19.0 Å². The van der Waals surface area contributed by atoms with Crippen molar-refractivity contribution in [1.29, 1.82) is 0 Å². The number of carbonyl (C=O) groups excluding carboxylic acids is 1. The molecule has 0 fully saturated rings. The van der Waals surface area contributed by atoms with Crippen molar-refractivity contribution < 1.29 is 32.6 Å². The zero-order valence-electron chi connectivity index (χ0n) is 14.4. The maximum absolute atomic E-state index is 12.7. The summed E-state index contributed by atoms with van der Waals surface area (Å²) in [7, 11) is 1.51. The van der Waals surface area contributed by atoms with E-state index in [0.717, 1.165) is 12.1 Å². The fourth-order valence-electron chi connectivity index (χ4n) is 2.50. The topological polar surface area (TPSA) is 75.6 Å².